The van der Waals surface area contributed by atoms with Crippen molar-refractivity contribution in [3.05, 3.63) is 23.9 Å². The van der Waals surface area contributed by atoms with E-state index in [-0.39, 0.29) is 24.2 Å². The molecule has 5 nitrogen and oxygen atoms in total. The van der Waals surface area contributed by atoms with E-state index in [9.17, 15) is 18.0 Å². The third-order valence-corrected chi connectivity index (χ3v) is 4.61. The molecule has 0 saturated carbocycles. The van der Waals surface area contributed by atoms with Crippen LogP contribution in [0.25, 0.3) is 0 Å². The fourth-order valence-corrected chi connectivity index (χ4v) is 3.14. The number of hydrogen-bond donors (Lipinski definition) is 2. The van der Waals surface area contributed by atoms with E-state index >= 15 is 0 Å². The third-order valence-electron chi connectivity index (χ3n) is 4.61. The average Bonchev–Trinajstić information content (AvgIpc) is 2.52. The zero-order valence-electron chi connectivity index (χ0n) is 13.3. The van der Waals surface area contributed by atoms with Crippen LogP contribution in [0.1, 0.15) is 18.4 Å². The van der Waals surface area contributed by atoms with Gasteiger partial charge in [0.05, 0.1) is 11.5 Å². The maximum absolute atomic E-state index is 13.2. The Bertz CT molecular complexity index is 589. The molecule has 24 heavy (non-hydrogen) atoms. The van der Waals surface area contributed by atoms with Crippen LogP contribution in [-0.2, 0) is 11.0 Å². The Balaban J connectivity index is 1.66. The number of piperidine rings is 1. The van der Waals surface area contributed by atoms with Gasteiger partial charge in [-0.25, -0.2) is 4.98 Å². The molecule has 132 valence electrons. The molecule has 2 fully saturated rings. The Kier molecular flexibility index (Phi) is 4.93. The first kappa shape index (κ1) is 17.0. The highest BCUT2D eigenvalue weighted by Gasteiger charge is 2.37. The smallest absolute Gasteiger partial charge is 0.355 e. The molecule has 0 bridgehead atoms. The van der Waals surface area contributed by atoms with Gasteiger partial charge in [-0.15, -0.1) is 0 Å². The summed E-state index contributed by atoms with van der Waals surface area (Å²) in [6, 6.07) is 2.32. The Hall–Kier alpha value is -1.83. The molecule has 2 N–H and O–H groups in total. The lowest BCUT2D eigenvalue weighted by molar-refractivity contribution is -0.137. The molecule has 0 aliphatic carbocycles. The highest BCUT2D eigenvalue weighted by molar-refractivity contribution is 5.79. The molecule has 2 aliphatic rings. The number of alkyl halides is 3. The van der Waals surface area contributed by atoms with E-state index < -0.39 is 11.7 Å². The molecule has 1 atom stereocenters. The van der Waals surface area contributed by atoms with Crippen LogP contribution in [0, 0.1) is 11.8 Å². The first-order chi connectivity index (χ1) is 11.4. The van der Waals surface area contributed by atoms with Crippen molar-refractivity contribution in [3.63, 3.8) is 0 Å². The van der Waals surface area contributed by atoms with Gasteiger partial charge in [-0.2, -0.15) is 13.2 Å². The normalized spacial score (nSPS) is 22.1. The highest BCUT2D eigenvalue weighted by atomic mass is 19.4. The quantitative estimate of drug-likeness (QED) is 0.874. The number of nitrogens with one attached hydrogen (secondary N) is 2. The Morgan fingerprint density at radius 2 is 2.21 bits per heavy atom. The summed E-state index contributed by atoms with van der Waals surface area (Å²) in [6.07, 6.45) is -1.72. The fourth-order valence-electron chi connectivity index (χ4n) is 3.14. The zero-order chi connectivity index (χ0) is 17.2. The molecule has 2 saturated heterocycles. The lowest BCUT2D eigenvalue weighted by Gasteiger charge is -2.34. The van der Waals surface area contributed by atoms with Gasteiger partial charge in [0.15, 0.2) is 0 Å². The summed E-state index contributed by atoms with van der Waals surface area (Å²) in [7, 11) is 0. The molecule has 0 spiro atoms. The molecule has 8 heteroatoms. The SMILES string of the molecule is O=C(NCC1CNC1)C1CCCN(c2ncccc2C(F)(F)F)C1. The number of rotatable bonds is 4. The monoisotopic (exact) mass is 342 g/mol. The maximum atomic E-state index is 13.2. The van der Waals surface area contributed by atoms with Gasteiger partial charge in [0.25, 0.3) is 0 Å². The van der Waals surface area contributed by atoms with Crippen LogP contribution >= 0.6 is 0 Å². The summed E-state index contributed by atoms with van der Waals surface area (Å²) in [5, 5.41) is 6.06. The van der Waals surface area contributed by atoms with Gasteiger partial charge in [-0.05, 0) is 25.0 Å². The molecule has 3 heterocycles. The minimum absolute atomic E-state index is 0.0731. The number of anilines is 1. The molecular formula is C16H21F3N4O. The summed E-state index contributed by atoms with van der Waals surface area (Å²) in [5.41, 5.74) is -0.744. The number of carbonyl (C=O) groups excluding carboxylic acids is 1. The standard InChI is InChI=1S/C16H21F3N4O/c17-16(18,19)13-4-1-5-21-14(13)23-6-2-3-12(10-23)15(24)22-9-11-7-20-8-11/h1,4-5,11-12,20H,2-3,6-10H2,(H,22,24). The minimum Gasteiger partial charge on any atom is -0.355 e. The number of nitrogens with zero attached hydrogens (tertiary/aromatic N) is 2. The van der Waals surface area contributed by atoms with Crippen molar-refractivity contribution in [2.24, 2.45) is 11.8 Å². The average molecular weight is 342 g/mol. The van der Waals surface area contributed by atoms with E-state index in [1.165, 1.54) is 12.3 Å². The Morgan fingerprint density at radius 1 is 1.42 bits per heavy atom. The van der Waals surface area contributed by atoms with Gasteiger partial charge >= 0.3 is 6.18 Å². The van der Waals surface area contributed by atoms with E-state index in [1.807, 2.05) is 0 Å². The third kappa shape index (κ3) is 3.80. The van der Waals surface area contributed by atoms with Gasteiger partial charge in [0.1, 0.15) is 5.82 Å². The molecule has 2 aliphatic heterocycles. The summed E-state index contributed by atoms with van der Waals surface area (Å²) >= 11 is 0. The molecular weight excluding hydrogens is 321 g/mol. The van der Waals surface area contributed by atoms with Crippen molar-refractivity contribution >= 4 is 11.7 Å². The second-order valence-corrected chi connectivity index (χ2v) is 6.43. The summed E-state index contributed by atoms with van der Waals surface area (Å²) in [6.45, 7) is 3.19. The second-order valence-electron chi connectivity index (χ2n) is 6.43. The van der Waals surface area contributed by atoms with Crippen LogP contribution in [0.15, 0.2) is 18.3 Å². The number of halogens is 3. The van der Waals surface area contributed by atoms with Crippen LogP contribution in [0.3, 0.4) is 0 Å². The Morgan fingerprint density at radius 3 is 2.88 bits per heavy atom. The first-order valence-electron chi connectivity index (χ1n) is 8.20. The molecule has 1 unspecified atom stereocenters. The van der Waals surface area contributed by atoms with Crippen molar-refractivity contribution in [2.75, 3.05) is 37.6 Å². The first-order valence-corrected chi connectivity index (χ1v) is 8.20. The fraction of sp³-hybridized carbons (Fsp3) is 0.625. The number of carbonyl (C=O) groups is 1. The molecule has 0 aromatic carbocycles. The minimum atomic E-state index is -4.45. The topological polar surface area (TPSA) is 57.3 Å². The van der Waals surface area contributed by atoms with E-state index in [1.54, 1.807) is 4.90 Å². The largest absolute Gasteiger partial charge is 0.419 e. The molecule has 1 aromatic rings. The summed E-state index contributed by atoms with van der Waals surface area (Å²) in [5.74, 6) is 0.0120. The highest BCUT2D eigenvalue weighted by Crippen LogP contribution is 2.36. The van der Waals surface area contributed by atoms with Gasteiger partial charge in [0, 0.05) is 44.8 Å². The van der Waals surface area contributed by atoms with Gasteiger partial charge in [-0.1, -0.05) is 0 Å². The predicted octanol–water partition coefficient (Wildman–Crippen LogP) is 1.65. The van der Waals surface area contributed by atoms with E-state index in [0.29, 0.717) is 31.8 Å². The molecule has 3 rings (SSSR count). The zero-order valence-corrected chi connectivity index (χ0v) is 13.3. The maximum Gasteiger partial charge on any atom is 0.419 e. The molecule has 1 aromatic heterocycles. The molecule has 1 amide bonds. The second kappa shape index (κ2) is 6.96. The van der Waals surface area contributed by atoms with Gasteiger partial charge in [0.2, 0.25) is 5.91 Å². The van der Waals surface area contributed by atoms with Crippen molar-refractivity contribution in [1.82, 2.24) is 15.6 Å². The van der Waals surface area contributed by atoms with Crippen molar-refractivity contribution in [3.8, 4) is 0 Å². The summed E-state index contributed by atoms with van der Waals surface area (Å²) < 4.78 is 39.5. The van der Waals surface area contributed by atoms with Crippen LogP contribution in [0.4, 0.5) is 19.0 Å². The number of pyridine rings is 1. The van der Waals surface area contributed by atoms with Crippen molar-refractivity contribution in [2.45, 2.75) is 19.0 Å². The van der Waals surface area contributed by atoms with Crippen molar-refractivity contribution in [1.29, 1.82) is 0 Å². The number of hydrogen-bond acceptors (Lipinski definition) is 4. The molecule has 0 radical (unpaired) electrons. The van der Waals surface area contributed by atoms with E-state index in [2.05, 4.69) is 15.6 Å². The number of amides is 1. The van der Waals surface area contributed by atoms with Crippen LogP contribution in [0.5, 0.6) is 0 Å². The lowest BCUT2D eigenvalue weighted by Crippen LogP contribution is -2.50. The van der Waals surface area contributed by atoms with Crippen LogP contribution < -0.4 is 15.5 Å². The lowest BCUT2D eigenvalue weighted by atomic mass is 9.96. The van der Waals surface area contributed by atoms with Gasteiger partial charge in [-0.3, -0.25) is 4.79 Å². The number of aromatic nitrogens is 1. The van der Waals surface area contributed by atoms with Crippen molar-refractivity contribution < 1.29 is 18.0 Å². The van der Waals surface area contributed by atoms with E-state index in [4.69, 9.17) is 0 Å². The summed E-state index contributed by atoms with van der Waals surface area (Å²) in [4.78, 5) is 17.8. The van der Waals surface area contributed by atoms with Crippen LogP contribution in [-0.4, -0.2) is 43.6 Å². The Labute approximate surface area is 138 Å². The van der Waals surface area contributed by atoms with Gasteiger partial charge < -0.3 is 15.5 Å². The van der Waals surface area contributed by atoms with Crippen LogP contribution in [0.2, 0.25) is 0 Å². The van der Waals surface area contributed by atoms with E-state index in [0.717, 1.165) is 19.2 Å². The predicted molar refractivity (Wildman–Crippen MR) is 83.5 cm³/mol.